The Bertz CT molecular complexity index is 927. The van der Waals surface area contributed by atoms with Gasteiger partial charge in [0, 0.05) is 31.0 Å². The lowest BCUT2D eigenvalue weighted by Crippen LogP contribution is -2.38. The minimum absolute atomic E-state index is 0.0400. The maximum atomic E-state index is 12.6. The summed E-state index contributed by atoms with van der Waals surface area (Å²) in [6.45, 7) is 4.94. The molecule has 0 aromatic heterocycles. The zero-order valence-corrected chi connectivity index (χ0v) is 18.2. The smallest absolute Gasteiger partial charge is 0.406 e. The van der Waals surface area contributed by atoms with Crippen LogP contribution in [-0.4, -0.2) is 62.5 Å². The lowest BCUT2D eigenvalue weighted by molar-refractivity contribution is -0.274. The standard InChI is InChI=1S/C23H26F3N3O4/c1-2-28(22(31)15-17-3-9-20(10-4-17)33-23(24,25)26)16-21(30)27-18-5-7-19(8-6-18)29-11-13-32-14-12-29/h3-10H,2,11-16H2,1H3,(H,27,30). The first-order valence-electron chi connectivity index (χ1n) is 10.6. The molecule has 1 saturated heterocycles. The molecule has 0 bridgehead atoms. The number of benzene rings is 2. The van der Waals surface area contributed by atoms with Gasteiger partial charge in [0.1, 0.15) is 5.75 Å². The molecule has 0 unspecified atom stereocenters. The van der Waals surface area contributed by atoms with Crippen molar-refractivity contribution in [1.82, 2.24) is 4.90 Å². The van der Waals surface area contributed by atoms with Gasteiger partial charge < -0.3 is 24.6 Å². The maximum absolute atomic E-state index is 12.6. The van der Waals surface area contributed by atoms with Crippen LogP contribution in [0.25, 0.3) is 0 Å². The monoisotopic (exact) mass is 465 g/mol. The van der Waals surface area contributed by atoms with Crippen molar-refractivity contribution in [1.29, 1.82) is 0 Å². The zero-order valence-electron chi connectivity index (χ0n) is 18.2. The number of nitrogens with one attached hydrogen (secondary N) is 1. The average molecular weight is 465 g/mol. The van der Waals surface area contributed by atoms with Gasteiger partial charge in [0.2, 0.25) is 11.8 Å². The van der Waals surface area contributed by atoms with Crippen LogP contribution in [0.1, 0.15) is 12.5 Å². The molecule has 0 spiro atoms. The van der Waals surface area contributed by atoms with Gasteiger partial charge >= 0.3 is 6.36 Å². The molecule has 10 heteroatoms. The molecule has 7 nitrogen and oxygen atoms in total. The van der Waals surface area contributed by atoms with Crippen molar-refractivity contribution >= 4 is 23.2 Å². The zero-order chi connectivity index (χ0) is 23.8. The first-order chi connectivity index (χ1) is 15.7. The summed E-state index contributed by atoms with van der Waals surface area (Å²) in [5.74, 6) is -0.997. The van der Waals surface area contributed by atoms with Crippen LogP contribution in [0.5, 0.6) is 5.75 Å². The molecule has 1 N–H and O–H groups in total. The first-order valence-corrected chi connectivity index (χ1v) is 10.6. The fraction of sp³-hybridized carbons (Fsp3) is 0.391. The predicted octanol–water partition coefficient (Wildman–Crippen LogP) is 3.45. The number of anilines is 2. The topological polar surface area (TPSA) is 71.1 Å². The molecule has 2 amide bonds. The maximum Gasteiger partial charge on any atom is 0.573 e. The van der Waals surface area contributed by atoms with Gasteiger partial charge in [-0.3, -0.25) is 9.59 Å². The summed E-state index contributed by atoms with van der Waals surface area (Å²) in [7, 11) is 0. The van der Waals surface area contributed by atoms with Gasteiger partial charge in [-0.15, -0.1) is 13.2 Å². The number of amides is 2. The van der Waals surface area contributed by atoms with Crippen LogP contribution in [0.4, 0.5) is 24.5 Å². The van der Waals surface area contributed by atoms with Gasteiger partial charge in [-0.2, -0.15) is 0 Å². The van der Waals surface area contributed by atoms with Crippen molar-refractivity contribution in [2.24, 2.45) is 0 Å². The normalized spacial score (nSPS) is 14.0. The molecule has 1 fully saturated rings. The van der Waals surface area contributed by atoms with Gasteiger partial charge in [0.05, 0.1) is 26.2 Å². The highest BCUT2D eigenvalue weighted by molar-refractivity contribution is 5.94. The van der Waals surface area contributed by atoms with Gasteiger partial charge in [0.15, 0.2) is 0 Å². The van der Waals surface area contributed by atoms with Crippen LogP contribution in [0.15, 0.2) is 48.5 Å². The van der Waals surface area contributed by atoms with E-state index in [-0.39, 0.29) is 30.5 Å². The van der Waals surface area contributed by atoms with E-state index in [1.54, 1.807) is 6.92 Å². The number of nitrogens with zero attached hydrogens (tertiary/aromatic N) is 2. The second kappa shape index (κ2) is 11.0. The predicted molar refractivity (Wildman–Crippen MR) is 117 cm³/mol. The third kappa shape index (κ3) is 7.67. The van der Waals surface area contributed by atoms with Gasteiger partial charge in [-0.1, -0.05) is 12.1 Å². The Morgan fingerprint density at radius 3 is 2.27 bits per heavy atom. The largest absolute Gasteiger partial charge is 0.573 e. The number of hydrogen-bond acceptors (Lipinski definition) is 5. The van der Waals surface area contributed by atoms with Crippen molar-refractivity contribution in [3.8, 4) is 5.75 Å². The van der Waals surface area contributed by atoms with Crippen LogP contribution in [0, 0.1) is 0 Å². The average Bonchev–Trinajstić information content (AvgIpc) is 2.79. The van der Waals surface area contributed by atoms with E-state index in [0.717, 1.165) is 30.9 Å². The molecule has 3 rings (SSSR count). The van der Waals surface area contributed by atoms with E-state index in [4.69, 9.17) is 4.74 Å². The van der Waals surface area contributed by atoms with Crippen molar-refractivity contribution in [2.45, 2.75) is 19.7 Å². The molecule has 33 heavy (non-hydrogen) atoms. The van der Waals surface area contributed by atoms with Crippen LogP contribution < -0.4 is 15.0 Å². The molecule has 1 aliphatic rings. The highest BCUT2D eigenvalue weighted by Crippen LogP contribution is 2.23. The summed E-state index contributed by atoms with van der Waals surface area (Å²) in [5, 5.41) is 2.79. The van der Waals surface area contributed by atoms with Crippen LogP contribution in [0.3, 0.4) is 0 Å². The number of rotatable bonds is 8. The third-order valence-electron chi connectivity index (χ3n) is 5.11. The van der Waals surface area contributed by atoms with Crippen molar-refractivity contribution in [3.05, 3.63) is 54.1 Å². The van der Waals surface area contributed by atoms with E-state index < -0.39 is 6.36 Å². The number of hydrogen-bond donors (Lipinski definition) is 1. The fourth-order valence-corrected chi connectivity index (χ4v) is 3.42. The molecule has 0 aliphatic carbocycles. The summed E-state index contributed by atoms with van der Waals surface area (Å²) < 4.78 is 45.9. The summed E-state index contributed by atoms with van der Waals surface area (Å²) in [5.41, 5.74) is 2.20. The highest BCUT2D eigenvalue weighted by atomic mass is 19.4. The Labute approximate surface area is 190 Å². The number of alkyl halides is 3. The Morgan fingerprint density at radius 1 is 1.06 bits per heavy atom. The number of halogens is 3. The van der Waals surface area contributed by atoms with Gasteiger partial charge in [-0.05, 0) is 48.9 Å². The van der Waals surface area contributed by atoms with Crippen LogP contribution in [0.2, 0.25) is 0 Å². The van der Waals surface area contributed by atoms with Crippen molar-refractivity contribution in [2.75, 3.05) is 49.6 Å². The molecule has 1 heterocycles. The summed E-state index contributed by atoms with van der Waals surface area (Å²) >= 11 is 0. The molecule has 0 atom stereocenters. The SMILES string of the molecule is CCN(CC(=O)Nc1ccc(N2CCOCC2)cc1)C(=O)Cc1ccc(OC(F)(F)F)cc1. The second-order valence-corrected chi connectivity index (χ2v) is 7.47. The van der Waals surface area contributed by atoms with E-state index in [0.29, 0.717) is 31.0 Å². The van der Waals surface area contributed by atoms with E-state index in [1.807, 2.05) is 24.3 Å². The molecule has 2 aromatic rings. The Hall–Kier alpha value is -3.27. The second-order valence-electron chi connectivity index (χ2n) is 7.47. The highest BCUT2D eigenvalue weighted by Gasteiger charge is 2.31. The number of morpholine rings is 1. The first kappa shape index (κ1) is 24.4. The fourth-order valence-electron chi connectivity index (χ4n) is 3.42. The number of carbonyl (C=O) groups excluding carboxylic acids is 2. The van der Waals surface area contributed by atoms with Gasteiger partial charge in [-0.25, -0.2) is 0 Å². The summed E-state index contributed by atoms with van der Waals surface area (Å²) in [6, 6.07) is 12.6. The Morgan fingerprint density at radius 2 is 1.70 bits per heavy atom. The lowest BCUT2D eigenvalue weighted by Gasteiger charge is -2.29. The van der Waals surface area contributed by atoms with Crippen LogP contribution in [-0.2, 0) is 20.7 Å². The van der Waals surface area contributed by atoms with Gasteiger partial charge in [0.25, 0.3) is 0 Å². The lowest BCUT2D eigenvalue weighted by atomic mass is 10.1. The number of ether oxygens (including phenoxy) is 2. The van der Waals surface area contributed by atoms with E-state index in [1.165, 1.54) is 17.0 Å². The molecular formula is C23H26F3N3O4. The molecule has 178 valence electrons. The molecule has 2 aromatic carbocycles. The molecule has 0 radical (unpaired) electrons. The van der Waals surface area contributed by atoms with E-state index >= 15 is 0 Å². The number of carbonyl (C=O) groups is 2. The quantitative estimate of drug-likeness (QED) is 0.647. The van der Waals surface area contributed by atoms with E-state index in [2.05, 4.69) is 15.0 Å². The van der Waals surface area contributed by atoms with Crippen molar-refractivity contribution < 1.29 is 32.2 Å². The number of likely N-dealkylation sites (N-methyl/N-ethyl adjacent to an activating group) is 1. The minimum Gasteiger partial charge on any atom is -0.406 e. The Kier molecular flexibility index (Phi) is 8.16. The minimum atomic E-state index is -4.77. The van der Waals surface area contributed by atoms with Crippen LogP contribution >= 0.6 is 0 Å². The molecule has 0 saturated carbocycles. The summed E-state index contributed by atoms with van der Waals surface area (Å²) in [6.07, 6.45) is -4.81. The summed E-state index contributed by atoms with van der Waals surface area (Å²) in [4.78, 5) is 28.6. The third-order valence-corrected chi connectivity index (χ3v) is 5.11. The Balaban J connectivity index is 1.51. The van der Waals surface area contributed by atoms with E-state index in [9.17, 15) is 22.8 Å². The molecule has 1 aliphatic heterocycles. The van der Waals surface area contributed by atoms with Crippen molar-refractivity contribution in [3.63, 3.8) is 0 Å². The molecular weight excluding hydrogens is 439 g/mol.